The smallest absolute Gasteiger partial charge is 0.161 e. The number of hydrogen-bond acceptors (Lipinski definition) is 5. The van der Waals surface area contributed by atoms with Gasteiger partial charge in [0.1, 0.15) is 5.82 Å². The zero-order chi connectivity index (χ0) is 30.9. The molecule has 1 aromatic carbocycles. The van der Waals surface area contributed by atoms with Gasteiger partial charge in [0.15, 0.2) is 11.6 Å². The van der Waals surface area contributed by atoms with Crippen LogP contribution in [-0.4, -0.2) is 39.0 Å². The molecular weight excluding hydrogens is 518 g/mol. The first-order chi connectivity index (χ1) is 20.2. The Kier molecular flexibility index (Phi) is 15.8. The average molecular weight is 574 g/mol. The summed E-state index contributed by atoms with van der Waals surface area (Å²) in [5.41, 5.74) is 5.12. The van der Waals surface area contributed by atoms with E-state index in [0.29, 0.717) is 5.92 Å². The summed E-state index contributed by atoms with van der Waals surface area (Å²) in [7, 11) is 0. The van der Waals surface area contributed by atoms with Crippen LogP contribution in [-0.2, 0) is 4.79 Å². The molecule has 3 aromatic rings. The Bertz CT molecular complexity index is 1220. The number of aryl methyl sites for hydroxylation is 1. The van der Waals surface area contributed by atoms with Gasteiger partial charge in [-0.2, -0.15) is 5.10 Å². The van der Waals surface area contributed by atoms with E-state index in [1.54, 1.807) is 6.92 Å². The molecule has 1 N–H and O–H groups in total. The molecule has 2 unspecified atom stereocenters. The van der Waals surface area contributed by atoms with Crippen molar-refractivity contribution in [3.8, 4) is 11.4 Å². The molecule has 0 radical (unpaired) electrons. The lowest BCUT2D eigenvalue weighted by Crippen LogP contribution is -2.20. The second-order valence-electron chi connectivity index (χ2n) is 11.7. The van der Waals surface area contributed by atoms with E-state index in [-0.39, 0.29) is 5.78 Å². The molecule has 1 fully saturated rings. The fraction of sp³-hybridized carbons (Fsp3) is 0.556. The van der Waals surface area contributed by atoms with E-state index in [9.17, 15) is 4.79 Å². The second kappa shape index (κ2) is 19.0. The number of carbonyl (C=O) groups is 1. The first kappa shape index (κ1) is 34.9. The quantitative estimate of drug-likeness (QED) is 0.183. The minimum Gasteiger partial charge on any atom is -0.356 e. The molecule has 4 rings (SSSR count). The van der Waals surface area contributed by atoms with Crippen molar-refractivity contribution in [2.75, 3.05) is 18.0 Å². The Balaban J connectivity index is 0.000000399. The summed E-state index contributed by atoms with van der Waals surface area (Å²) in [6, 6.07) is 8.10. The number of aromatic amines is 1. The molecule has 0 saturated carbocycles. The number of carbonyl (C=O) groups excluding carboxylic acids is 1. The molecule has 1 aliphatic rings. The molecule has 0 bridgehead atoms. The highest BCUT2D eigenvalue weighted by Crippen LogP contribution is 2.30. The third-order valence-corrected chi connectivity index (χ3v) is 8.10. The van der Waals surface area contributed by atoms with Crippen molar-refractivity contribution in [2.45, 2.75) is 113 Å². The van der Waals surface area contributed by atoms with Crippen molar-refractivity contribution >= 4 is 17.7 Å². The van der Waals surface area contributed by atoms with Crippen LogP contribution in [0.15, 0.2) is 48.4 Å². The predicted octanol–water partition coefficient (Wildman–Crippen LogP) is 9.58. The molecule has 1 saturated heterocycles. The van der Waals surface area contributed by atoms with Gasteiger partial charge in [-0.25, -0.2) is 9.97 Å². The Morgan fingerprint density at radius 3 is 2.45 bits per heavy atom. The molecule has 1 aliphatic heterocycles. The van der Waals surface area contributed by atoms with Crippen LogP contribution in [0, 0.1) is 12.8 Å². The maximum atomic E-state index is 11.5. The van der Waals surface area contributed by atoms with Gasteiger partial charge in [0.25, 0.3) is 0 Å². The van der Waals surface area contributed by atoms with Crippen molar-refractivity contribution in [2.24, 2.45) is 5.92 Å². The lowest BCUT2D eigenvalue weighted by molar-refractivity contribution is -0.113. The SMILES string of the molecule is CC(=O)/C(C)=C/c1ccc(-c2nccc(N3CCC(c4cn[nH]c4)C3)n2)cc1C.CCCC.CCCCCC(C)CC. The number of ketones is 1. The zero-order valence-electron chi connectivity index (χ0n) is 27.5. The first-order valence-electron chi connectivity index (χ1n) is 16.1. The molecule has 0 aliphatic carbocycles. The summed E-state index contributed by atoms with van der Waals surface area (Å²) in [6.45, 7) is 18.6. The van der Waals surface area contributed by atoms with Crippen molar-refractivity contribution in [1.82, 2.24) is 20.2 Å². The number of allylic oxidation sites excluding steroid dienone is 1. The zero-order valence-corrected chi connectivity index (χ0v) is 27.5. The van der Waals surface area contributed by atoms with Crippen LogP contribution in [0.5, 0.6) is 0 Å². The Morgan fingerprint density at radius 1 is 1.10 bits per heavy atom. The molecule has 2 aromatic heterocycles. The van der Waals surface area contributed by atoms with Crippen molar-refractivity contribution in [3.63, 3.8) is 0 Å². The summed E-state index contributed by atoms with van der Waals surface area (Å²) in [6.07, 6.45) is 18.4. The van der Waals surface area contributed by atoms with Gasteiger partial charge in [-0.1, -0.05) is 91.7 Å². The normalized spacial score (nSPS) is 15.4. The highest BCUT2D eigenvalue weighted by Gasteiger charge is 2.25. The standard InChI is InChI=1S/C23H25N5O.C9H20.C4H10/c1-15(17(3)29)10-18-4-5-19(11-16(18)2)23-24-8-6-22(27-23)28-9-7-20(14-28)21-12-25-26-13-21;1-4-6-7-8-9(3)5-2;1-3-4-2/h4-6,8,10-13,20H,7,9,14H2,1-3H3,(H,25,26);9H,4-8H2,1-3H3;3-4H2,1-2H3/b15-10+;;. The molecule has 6 nitrogen and oxygen atoms in total. The predicted molar refractivity (Wildman–Crippen MR) is 179 cm³/mol. The number of aromatic nitrogens is 4. The van der Waals surface area contributed by atoms with E-state index >= 15 is 0 Å². The highest BCUT2D eigenvalue weighted by molar-refractivity contribution is 5.97. The number of rotatable bonds is 11. The summed E-state index contributed by atoms with van der Waals surface area (Å²) < 4.78 is 0. The summed E-state index contributed by atoms with van der Waals surface area (Å²) in [5.74, 6) is 3.19. The number of unbranched alkanes of at least 4 members (excludes halogenated alkanes) is 3. The monoisotopic (exact) mass is 573 g/mol. The van der Waals surface area contributed by atoms with Crippen molar-refractivity contribution in [1.29, 1.82) is 0 Å². The molecule has 42 heavy (non-hydrogen) atoms. The van der Waals surface area contributed by atoms with Crippen LogP contribution >= 0.6 is 0 Å². The second-order valence-corrected chi connectivity index (χ2v) is 11.7. The van der Waals surface area contributed by atoms with Gasteiger partial charge in [0.05, 0.1) is 6.20 Å². The maximum Gasteiger partial charge on any atom is 0.161 e. The van der Waals surface area contributed by atoms with Crippen LogP contribution in [0.3, 0.4) is 0 Å². The Morgan fingerprint density at radius 2 is 1.86 bits per heavy atom. The van der Waals surface area contributed by atoms with E-state index in [2.05, 4.69) is 60.8 Å². The first-order valence-corrected chi connectivity index (χ1v) is 16.1. The molecule has 230 valence electrons. The number of nitrogens with one attached hydrogen (secondary N) is 1. The minimum absolute atomic E-state index is 0.0869. The van der Waals surface area contributed by atoms with Crippen LogP contribution in [0.1, 0.15) is 122 Å². The maximum absolute atomic E-state index is 11.5. The van der Waals surface area contributed by atoms with Gasteiger partial charge in [-0.15, -0.1) is 0 Å². The minimum atomic E-state index is 0.0869. The number of Topliss-reactive ketones (excluding diaryl/α,β-unsaturated/α-hetero) is 1. The van der Waals surface area contributed by atoms with Crippen LogP contribution < -0.4 is 4.90 Å². The highest BCUT2D eigenvalue weighted by atomic mass is 16.1. The van der Waals surface area contributed by atoms with Crippen LogP contribution in [0.2, 0.25) is 0 Å². The molecule has 0 spiro atoms. The Hall–Kier alpha value is -3.28. The van der Waals surface area contributed by atoms with Gasteiger partial charge in [0, 0.05) is 37.0 Å². The largest absolute Gasteiger partial charge is 0.356 e. The lowest BCUT2D eigenvalue weighted by Gasteiger charge is -2.18. The molecule has 6 heteroatoms. The van der Waals surface area contributed by atoms with E-state index in [1.165, 1.54) is 50.5 Å². The van der Waals surface area contributed by atoms with Gasteiger partial charge < -0.3 is 4.90 Å². The van der Waals surface area contributed by atoms with Gasteiger partial charge in [-0.3, -0.25) is 9.89 Å². The van der Waals surface area contributed by atoms with E-state index in [0.717, 1.165) is 59.3 Å². The fourth-order valence-corrected chi connectivity index (χ4v) is 4.65. The van der Waals surface area contributed by atoms with Gasteiger partial charge >= 0.3 is 0 Å². The number of hydrogen-bond donors (Lipinski definition) is 1. The lowest BCUT2D eigenvalue weighted by atomic mass is 10.0. The summed E-state index contributed by atoms with van der Waals surface area (Å²) in [4.78, 5) is 23.1. The van der Waals surface area contributed by atoms with Crippen LogP contribution in [0.25, 0.3) is 17.5 Å². The van der Waals surface area contributed by atoms with Crippen molar-refractivity contribution in [3.05, 3.63) is 65.1 Å². The van der Waals surface area contributed by atoms with E-state index in [4.69, 9.17) is 4.98 Å². The number of benzene rings is 1. The number of nitrogens with zero attached hydrogens (tertiary/aromatic N) is 4. The Labute approximate surface area is 255 Å². The van der Waals surface area contributed by atoms with Crippen LogP contribution in [0.4, 0.5) is 5.82 Å². The van der Waals surface area contributed by atoms with Gasteiger partial charge in [0.2, 0.25) is 0 Å². The molecule has 3 heterocycles. The number of H-pyrrole nitrogens is 1. The van der Waals surface area contributed by atoms with E-state index in [1.807, 2.05) is 56.7 Å². The number of anilines is 1. The van der Waals surface area contributed by atoms with E-state index < -0.39 is 0 Å². The summed E-state index contributed by atoms with van der Waals surface area (Å²) >= 11 is 0. The fourth-order valence-electron chi connectivity index (χ4n) is 4.65. The average Bonchev–Trinajstić information content (AvgIpc) is 3.72. The molecule has 0 amide bonds. The van der Waals surface area contributed by atoms with Gasteiger partial charge in [-0.05, 0) is 73.6 Å². The third-order valence-electron chi connectivity index (χ3n) is 8.10. The summed E-state index contributed by atoms with van der Waals surface area (Å²) in [5, 5.41) is 6.97. The van der Waals surface area contributed by atoms with Crippen molar-refractivity contribution < 1.29 is 4.79 Å². The molecule has 2 atom stereocenters. The topological polar surface area (TPSA) is 74.8 Å². The molecular formula is C36H55N5O. The third kappa shape index (κ3) is 11.5.